The number of aryl methyl sites for hydroxylation is 1. The minimum absolute atomic E-state index is 0.754. The van der Waals surface area contributed by atoms with E-state index in [1.54, 1.807) is 26.0 Å². The molecule has 0 saturated carbocycles. The Hall–Kier alpha value is -3.25. The van der Waals surface area contributed by atoms with Crippen LogP contribution in [0.5, 0.6) is 11.5 Å². The van der Waals surface area contributed by atoms with Crippen molar-refractivity contribution in [3.63, 3.8) is 0 Å². The Kier molecular flexibility index (Phi) is 6.05. The number of hydrogen-bond acceptors (Lipinski definition) is 5. The molecule has 0 bridgehead atoms. The van der Waals surface area contributed by atoms with Gasteiger partial charge in [-0.2, -0.15) is 0 Å². The predicted molar refractivity (Wildman–Crippen MR) is 121 cm³/mol. The van der Waals surface area contributed by atoms with Gasteiger partial charge in [-0.05, 0) is 48.9 Å². The molecule has 4 aromatic rings. The fourth-order valence-corrected chi connectivity index (χ4v) is 4.10. The number of benzene rings is 3. The van der Waals surface area contributed by atoms with E-state index in [0.717, 1.165) is 45.0 Å². The number of thioether (sulfide) groups is 1. The molecule has 0 aliphatic carbocycles. The molecule has 152 valence electrons. The minimum Gasteiger partial charge on any atom is -0.497 e. The minimum atomic E-state index is 0.754. The first-order valence-electron chi connectivity index (χ1n) is 9.61. The van der Waals surface area contributed by atoms with Crippen molar-refractivity contribution < 1.29 is 9.47 Å². The van der Waals surface area contributed by atoms with Crippen LogP contribution >= 0.6 is 11.8 Å². The Morgan fingerprint density at radius 3 is 2.43 bits per heavy atom. The van der Waals surface area contributed by atoms with Crippen molar-refractivity contribution in [1.29, 1.82) is 0 Å². The second-order valence-corrected chi connectivity index (χ2v) is 7.76. The standard InChI is InChI=1S/C24H23N3O2S/c1-17-11-13-19(14-12-17)27-23(21-9-4-5-10-22(21)29-3)25-26-24(27)30-16-18-7-6-8-20(15-18)28-2/h4-15H,16H2,1-3H3. The van der Waals surface area contributed by atoms with E-state index in [9.17, 15) is 0 Å². The number of aromatic nitrogens is 3. The van der Waals surface area contributed by atoms with Gasteiger partial charge in [0.25, 0.3) is 0 Å². The summed E-state index contributed by atoms with van der Waals surface area (Å²) in [7, 11) is 3.35. The summed E-state index contributed by atoms with van der Waals surface area (Å²) < 4.78 is 13.0. The number of rotatable bonds is 7. The Morgan fingerprint density at radius 1 is 0.867 bits per heavy atom. The van der Waals surface area contributed by atoms with Crippen LogP contribution in [0.1, 0.15) is 11.1 Å². The van der Waals surface area contributed by atoms with E-state index >= 15 is 0 Å². The average molecular weight is 418 g/mol. The number of hydrogen-bond donors (Lipinski definition) is 0. The zero-order valence-electron chi connectivity index (χ0n) is 17.2. The fraction of sp³-hybridized carbons (Fsp3) is 0.167. The molecule has 0 unspecified atom stereocenters. The first kappa shape index (κ1) is 20.0. The van der Waals surface area contributed by atoms with Crippen molar-refractivity contribution in [2.45, 2.75) is 17.8 Å². The van der Waals surface area contributed by atoms with E-state index in [1.165, 1.54) is 5.56 Å². The zero-order valence-corrected chi connectivity index (χ0v) is 18.0. The van der Waals surface area contributed by atoms with Crippen LogP contribution in [0.3, 0.4) is 0 Å². The van der Waals surface area contributed by atoms with Crippen LogP contribution in [-0.4, -0.2) is 29.0 Å². The lowest BCUT2D eigenvalue weighted by Crippen LogP contribution is -2.01. The van der Waals surface area contributed by atoms with E-state index in [4.69, 9.17) is 9.47 Å². The monoisotopic (exact) mass is 417 g/mol. The van der Waals surface area contributed by atoms with E-state index in [2.05, 4.69) is 52.0 Å². The van der Waals surface area contributed by atoms with Gasteiger partial charge in [-0.1, -0.05) is 53.7 Å². The van der Waals surface area contributed by atoms with Gasteiger partial charge in [-0.25, -0.2) is 0 Å². The molecule has 30 heavy (non-hydrogen) atoms. The number of ether oxygens (including phenoxy) is 2. The van der Waals surface area contributed by atoms with Crippen LogP contribution in [0.25, 0.3) is 17.1 Å². The van der Waals surface area contributed by atoms with Crippen LogP contribution in [0.15, 0.2) is 78.0 Å². The third kappa shape index (κ3) is 4.19. The van der Waals surface area contributed by atoms with Crippen molar-refractivity contribution in [3.05, 3.63) is 83.9 Å². The van der Waals surface area contributed by atoms with E-state index in [-0.39, 0.29) is 0 Å². The van der Waals surface area contributed by atoms with Gasteiger partial charge in [0.15, 0.2) is 11.0 Å². The topological polar surface area (TPSA) is 49.2 Å². The van der Waals surface area contributed by atoms with E-state index < -0.39 is 0 Å². The van der Waals surface area contributed by atoms with Gasteiger partial charge in [-0.15, -0.1) is 10.2 Å². The summed E-state index contributed by atoms with van der Waals surface area (Å²) in [5.41, 5.74) is 4.29. The molecule has 6 heteroatoms. The van der Waals surface area contributed by atoms with Crippen molar-refractivity contribution >= 4 is 11.8 Å². The Bertz CT molecular complexity index is 1140. The SMILES string of the molecule is COc1cccc(CSc2nnc(-c3ccccc3OC)n2-c2ccc(C)cc2)c1. The molecule has 0 spiro atoms. The largest absolute Gasteiger partial charge is 0.497 e. The van der Waals surface area contributed by atoms with Crippen molar-refractivity contribution in [1.82, 2.24) is 14.8 Å². The summed E-state index contributed by atoms with van der Waals surface area (Å²) in [5, 5.41) is 9.86. The maximum absolute atomic E-state index is 5.57. The molecule has 0 saturated heterocycles. The summed E-state index contributed by atoms with van der Waals surface area (Å²) >= 11 is 1.64. The Labute approximate surface area is 180 Å². The van der Waals surface area contributed by atoms with Crippen LogP contribution in [0.4, 0.5) is 0 Å². The third-order valence-corrected chi connectivity index (χ3v) is 5.78. The van der Waals surface area contributed by atoms with Crippen molar-refractivity contribution in [3.8, 4) is 28.6 Å². The first-order chi connectivity index (χ1) is 14.7. The molecular formula is C24H23N3O2S. The highest BCUT2D eigenvalue weighted by Gasteiger charge is 2.19. The van der Waals surface area contributed by atoms with Crippen LogP contribution in [0, 0.1) is 6.92 Å². The lowest BCUT2D eigenvalue weighted by Gasteiger charge is -2.13. The lowest BCUT2D eigenvalue weighted by atomic mass is 10.1. The summed E-state index contributed by atoms with van der Waals surface area (Å²) in [6.45, 7) is 2.08. The van der Waals surface area contributed by atoms with Crippen molar-refractivity contribution in [2.75, 3.05) is 14.2 Å². The molecule has 0 fully saturated rings. The Balaban J connectivity index is 1.75. The quantitative estimate of drug-likeness (QED) is 0.369. The van der Waals surface area contributed by atoms with E-state index in [0.29, 0.717) is 0 Å². The summed E-state index contributed by atoms with van der Waals surface area (Å²) in [4.78, 5) is 0. The maximum Gasteiger partial charge on any atom is 0.196 e. The highest BCUT2D eigenvalue weighted by atomic mass is 32.2. The normalized spacial score (nSPS) is 10.8. The van der Waals surface area contributed by atoms with Gasteiger partial charge >= 0.3 is 0 Å². The molecule has 1 aromatic heterocycles. The molecular weight excluding hydrogens is 394 g/mol. The molecule has 0 N–H and O–H groups in total. The van der Waals surface area contributed by atoms with Gasteiger partial charge < -0.3 is 9.47 Å². The van der Waals surface area contributed by atoms with Gasteiger partial charge in [-0.3, -0.25) is 4.57 Å². The van der Waals surface area contributed by atoms with Crippen LogP contribution in [0.2, 0.25) is 0 Å². The summed E-state index contributed by atoms with van der Waals surface area (Å²) in [6, 6.07) is 24.3. The van der Waals surface area contributed by atoms with Crippen LogP contribution < -0.4 is 9.47 Å². The smallest absolute Gasteiger partial charge is 0.196 e. The maximum atomic E-state index is 5.57. The Morgan fingerprint density at radius 2 is 1.67 bits per heavy atom. The molecule has 1 heterocycles. The van der Waals surface area contributed by atoms with Gasteiger partial charge in [0.2, 0.25) is 0 Å². The molecule has 0 amide bonds. The molecule has 3 aromatic carbocycles. The summed E-state index contributed by atoms with van der Waals surface area (Å²) in [6.07, 6.45) is 0. The lowest BCUT2D eigenvalue weighted by molar-refractivity contribution is 0.414. The van der Waals surface area contributed by atoms with Gasteiger partial charge in [0.1, 0.15) is 11.5 Å². The predicted octanol–water partition coefficient (Wildman–Crippen LogP) is 5.55. The highest BCUT2D eigenvalue weighted by molar-refractivity contribution is 7.98. The second kappa shape index (κ2) is 9.05. The number of para-hydroxylation sites is 1. The molecule has 4 rings (SSSR count). The highest BCUT2D eigenvalue weighted by Crippen LogP contribution is 2.34. The number of nitrogens with zero attached hydrogens (tertiary/aromatic N) is 3. The average Bonchev–Trinajstić information content (AvgIpc) is 3.22. The van der Waals surface area contributed by atoms with E-state index in [1.807, 2.05) is 42.5 Å². The molecule has 0 radical (unpaired) electrons. The third-order valence-electron chi connectivity index (χ3n) is 4.78. The molecule has 5 nitrogen and oxygen atoms in total. The van der Waals surface area contributed by atoms with Gasteiger partial charge in [0.05, 0.1) is 19.8 Å². The zero-order chi connectivity index (χ0) is 20.9. The second-order valence-electron chi connectivity index (χ2n) is 6.82. The molecule has 0 aliphatic rings. The van der Waals surface area contributed by atoms with Gasteiger partial charge in [0, 0.05) is 11.4 Å². The summed E-state index contributed by atoms with van der Waals surface area (Å²) in [5.74, 6) is 3.13. The molecule has 0 aliphatic heterocycles. The van der Waals surface area contributed by atoms with Crippen LogP contribution in [-0.2, 0) is 5.75 Å². The first-order valence-corrected chi connectivity index (χ1v) is 10.6. The fourth-order valence-electron chi connectivity index (χ4n) is 3.20. The van der Waals surface area contributed by atoms with Crippen molar-refractivity contribution in [2.24, 2.45) is 0 Å². The number of methoxy groups -OCH3 is 2. The molecule has 0 atom stereocenters.